The van der Waals surface area contributed by atoms with Crippen LogP contribution in [-0.2, 0) is 4.79 Å². The molecule has 2 heterocycles. The van der Waals surface area contributed by atoms with E-state index in [1.807, 2.05) is 30.3 Å². The first-order chi connectivity index (χ1) is 16.9. The molecule has 2 atom stereocenters. The molecule has 0 spiro atoms. The monoisotopic (exact) mass is 475 g/mol. The van der Waals surface area contributed by atoms with E-state index < -0.39 is 12.6 Å². The predicted molar refractivity (Wildman–Crippen MR) is 132 cm³/mol. The number of carbonyl (C=O) groups excluding carboxylic acids is 1. The number of hydrogen-bond donors (Lipinski definition) is 2. The first kappa shape index (κ1) is 24.2. The first-order valence-electron chi connectivity index (χ1n) is 11.3. The number of hydrogen-bond acceptors (Lipinski definition) is 4. The minimum Gasteiger partial charge on any atom is -0.309 e. The second-order valence-corrected chi connectivity index (χ2v) is 8.47. The fraction of sp³-hybridized carbons (Fsp3) is 0.222. The van der Waals surface area contributed by atoms with Crippen LogP contribution in [-0.4, -0.2) is 27.2 Å². The Bertz CT molecular complexity index is 1240. The zero-order valence-corrected chi connectivity index (χ0v) is 19.5. The Morgan fingerprint density at radius 1 is 0.943 bits per heavy atom. The van der Waals surface area contributed by atoms with Crippen LogP contribution >= 0.6 is 0 Å². The molecular formula is C27H27F2N5O. The molecule has 0 saturated carbocycles. The van der Waals surface area contributed by atoms with Crippen LogP contribution in [0.5, 0.6) is 0 Å². The molecule has 0 fully saturated rings. The Morgan fingerprint density at radius 2 is 1.69 bits per heavy atom. The number of amides is 1. The minimum absolute atomic E-state index is 0.209. The van der Waals surface area contributed by atoms with Crippen LogP contribution in [0.1, 0.15) is 42.1 Å². The van der Waals surface area contributed by atoms with Crippen molar-refractivity contribution in [3.8, 4) is 11.1 Å². The van der Waals surface area contributed by atoms with Gasteiger partial charge in [0.25, 0.3) is 0 Å². The number of nitrogens with one attached hydrogen (secondary N) is 2. The molecule has 8 heteroatoms. The second-order valence-electron chi connectivity index (χ2n) is 8.47. The average Bonchev–Trinajstić information content (AvgIpc) is 3.36. The van der Waals surface area contributed by atoms with Crippen molar-refractivity contribution in [2.45, 2.75) is 32.4 Å². The number of halogens is 2. The quantitative estimate of drug-likeness (QED) is 0.325. The molecule has 2 aromatic heterocycles. The Morgan fingerprint density at radius 3 is 2.31 bits per heavy atom. The normalized spacial score (nSPS) is 12.9. The molecule has 2 aromatic carbocycles. The summed E-state index contributed by atoms with van der Waals surface area (Å²) >= 11 is 0. The summed E-state index contributed by atoms with van der Waals surface area (Å²) in [6, 6.07) is 20.7. The van der Waals surface area contributed by atoms with Crippen LogP contribution in [0.3, 0.4) is 0 Å². The van der Waals surface area contributed by atoms with E-state index in [0.29, 0.717) is 28.2 Å². The molecule has 0 saturated heterocycles. The third-order valence-corrected chi connectivity index (χ3v) is 5.82. The SMILES string of the molecule is Cc1ccc([C@@H](C)CN[C@H](C(=O)Nc2ccc(-c3cnn(C(F)F)c3)cn2)c2ccccc2)cc1. The Balaban J connectivity index is 1.45. The molecule has 2 N–H and O–H groups in total. The lowest BCUT2D eigenvalue weighted by Crippen LogP contribution is -2.35. The van der Waals surface area contributed by atoms with Crippen LogP contribution in [0.4, 0.5) is 14.6 Å². The van der Waals surface area contributed by atoms with Crippen molar-refractivity contribution in [2.75, 3.05) is 11.9 Å². The lowest BCUT2D eigenvalue weighted by Gasteiger charge is -2.21. The number of alkyl halides is 2. The highest BCUT2D eigenvalue weighted by Crippen LogP contribution is 2.23. The van der Waals surface area contributed by atoms with Crippen LogP contribution in [0.15, 0.2) is 85.3 Å². The van der Waals surface area contributed by atoms with Gasteiger partial charge in [-0.2, -0.15) is 13.9 Å². The maximum absolute atomic E-state index is 13.2. The van der Waals surface area contributed by atoms with E-state index >= 15 is 0 Å². The molecule has 4 rings (SSSR count). The number of nitrogens with zero attached hydrogens (tertiary/aromatic N) is 3. The summed E-state index contributed by atoms with van der Waals surface area (Å²) in [5.41, 5.74) is 4.39. The molecule has 0 aliphatic carbocycles. The molecule has 0 aliphatic rings. The summed E-state index contributed by atoms with van der Waals surface area (Å²) in [6.45, 7) is 2.08. The zero-order chi connectivity index (χ0) is 24.8. The molecule has 180 valence electrons. The highest BCUT2D eigenvalue weighted by atomic mass is 19.3. The molecule has 0 aliphatic heterocycles. The van der Waals surface area contributed by atoms with E-state index in [-0.39, 0.29) is 11.8 Å². The van der Waals surface area contributed by atoms with Gasteiger partial charge in [-0.05, 0) is 36.1 Å². The van der Waals surface area contributed by atoms with Crippen molar-refractivity contribution in [2.24, 2.45) is 0 Å². The molecule has 4 aromatic rings. The Hall–Kier alpha value is -3.91. The fourth-order valence-corrected chi connectivity index (χ4v) is 3.75. The number of carbonyl (C=O) groups is 1. The molecule has 0 unspecified atom stereocenters. The standard InChI is InChI=1S/C27H27F2N5O/c1-18-8-10-20(11-9-18)19(2)14-31-25(21-6-4-3-5-7-21)26(35)33-24-13-12-22(15-30-24)23-16-32-34(17-23)27(28)29/h3-13,15-17,19,25,27,31H,14H2,1-2H3,(H,30,33,35)/t19-,25-/m0/s1. The Kier molecular flexibility index (Phi) is 7.62. The Labute approximate surface area is 203 Å². The van der Waals surface area contributed by atoms with Crippen molar-refractivity contribution in [1.82, 2.24) is 20.1 Å². The van der Waals surface area contributed by atoms with E-state index in [1.54, 1.807) is 12.1 Å². The average molecular weight is 476 g/mol. The van der Waals surface area contributed by atoms with Gasteiger partial charge in [-0.3, -0.25) is 4.79 Å². The van der Waals surface area contributed by atoms with E-state index in [0.717, 1.165) is 5.56 Å². The van der Waals surface area contributed by atoms with Crippen molar-refractivity contribution in [1.29, 1.82) is 0 Å². The first-order valence-corrected chi connectivity index (χ1v) is 11.3. The second kappa shape index (κ2) is 11.0. The van der Waals surface area contributed by atoms with Crippen molar-refractivity contribution >= 4 is 11.7 Å². The van der Waals surface area contributed by atoms with Gasteiger partial charge in [-0.1, -0.05) is 67.1 Å². The van der Waals surface area contributed by atoms with Crippen molar-refractivity contribution in [3.05, 3.63) is 102 Å². The molecule has 35 heavy (non-hydrogen) atoms. The van der Waals surface area contributed by atoms with Gasteiger partial charge >= 0.3 is 6.55 Å². The van der Waals surface area contributed by atoms with Gasteiger partial charge in [-0.15, -0.1) is 0 Å². The number of rotatable bonds is 9. The number of aryl methyl sites for hydroxylation is 1. The van der Waals surface area contributed by atoms with Crippen LogP contribution in [0.2, 0.25) is 0 Å². The van der Waals surface area contributed by atoms with Crippen LogP contribution in [0, 0.1) is 6.92 Å². The van der Waals surface area contributed by atoms with Crippen LogP contribution < -0.4 is 10.6 Å². The number of pyridine rings is 1. The lowest BCUT2D eigenvalue weighted by atomic mass is 9.98. The van der Waals surface area contributed by atoms with Gasteiger partial charge in [-0.25, -0.2) is 9.67 Å². The predicted octanol–water partition coefficient (Wildman–Crippen LogP) is 5.72. The molecular weight excluding hydrogens is 448 g/mol. The topological polar surface area (TPSA) is 71.8 Å². The number of aromatic nitrogens is 3. The minimum atomic E-state index is -2.70. The number of benzene rings is 2. The smallest absolute Gasteiger partial charge is 0.309 e. The van der Waals surface area contributed by atoms with Gasteiger partial charge in [0.15, 0.2) is 0 Å². The maximum Gasteiger partial charge on any atom is 0.333 e. The van der Waals surface area contributed by atoms with Crippen molar-refractivity contribution in [3.63, 3.8) is 0 Å². The van der Waals surface area contributed by atoms with Crippen molar-refractivity contribution < 1.29 is 13.6 Å². The van der Waals surface area contributed by atoms with Gasteiger partial charge in [0.1, 0.15) is 11.9 Å². The molecule has 0 radical (unpaired) electrons. The lowest BCUT2D eigenvalue weighted by molar-refractivity contribution is -0.118. The van der Waals surface area contributed by atoms with Gasteiger partial charge < -0.3 is 10.6 Å². The zero-order valence-electron chi connectivity index (χ0n) is 19.5. The summed E-state index contributed by atoms with van der Waals surface area (Å²) < 4.78 is 26.1. The van der Waals surface area contributed by atoms with Crippen LogP contribution in [0.25, 0.3) is 11.1 Å². The third kappa shape index (κ3) is 6.16. The molecule has 0 bridgehead atoms. The van der Waals surface area contributed by atoms with E-state index in [2.05, 4.69) is 58.8 Å². The number of anilines is 1. The summed E-state index contributed by atoms with van der Waals surface area (Å²) in [6.07, 6.45) is 4.13. The summed E-state index contributed by atoms with van der Waals surface area (Å²) in [5.74, 6) is 0.341. The fourth-order valence-electron chi connectivity index (χ4n) is 3.75. The molecule has 6 nitrogen and oxygen atoms in total. The molecule has 1 amide bonds. The van der Waals surface area contributed by atoms with E-state index in [4.69, 9.17) is 0 Å². The summed E-state index contributed by atoms with van der Waals surface area (Å²) in [4.78, 5) is 17.5. The largest absolute Gasteiger partial charge is 0.333 e. The third-order valence-electron chi connectivity index (χ3n) is 5.82. The van der Waals surface area contributed by atoms with Gasteiger partial charge in [0.05, 0.1) is 6.20 Å². The van der Waals surface area contributed by atoms with Gasteiger partial charge in [0.2, 0.25) is 5.91 Å². The van der Waals surface area contributed by atoms with E-state index in [1.165, 1.54) is 29.7 Å². The highest BCUT2D eigenvalue weighted by molar-refractivity contribution is 5.95. The van der Waals surface area contributed by atoms with E-state index in [9.17, 15) is 13.6 Å². The maximum atomic E-state index is 13.2. The highest BCUT2D eigenvalue weighted by Gasteiger charge is 2.22. The van der Waals surface area contributed by atoms with Gasteiger partial charge in [0, 0.05) is 30.1 Å². The summed E-state index contributed by atoms with van der Waals surface area (Å²) in [5, 5.41) is 9.90. The summed E-state index contributed by atoms with van der Waals surface area (Å²) in [7, 11) is 0.